The van der Waals surface area contributed by atoms with Gasteiger partial charge in [0.05, 0.1) is 18.2 Å². The van der Waals surface area contributed by atoms with Crippen LogP contribution in [0, 0.1) is 0 Å². The molecule has 1 saturated heterocycles. The predicted octanol–water partition coefficient (Wildman–Crippen LogP) is 2.81. The van der Waals surface area contributed by atoms with Gasteiger partial charge in [-0.1, -0.05) is 17.3 Å². The molecule has 1 amide bonds. The van der Waals surface area contributed by atoms with E-state index in [-0.39, 0.29) is 35.8 Å². The first kappa shape index (κ1) is 18.4. The molecule has 1 aliphatic rings. The third-order valence-corrected chi connectivity index (χ3v) is 4.34. The second kappa shape index (κ2) is 7.06. The van der Waals surface area contributed by atoms with E-state index in [1.54, 1.807) is 19.0 Å². The molecule has 0 spiro atoms. The Labute approximate surface area is 148 Å². The van der Waals surface area contributed by atoms with Crippen molar-refractivity contribution in [3.63, 3.8) is 0 Å². The standard InChI is InChI=1S/C17H19F3N4O2/c1-23(2)16(25)13-7-4-8-24(13)10-14-21-15(22-26-14)11-5-3-6-12(9-11)17(18,19)20/h3,5-6,9,13H,4,7-8,10H2,1-2H3/t13-/m0/s1. The van der Waals surface area contributed by atoms with Crippen LogP contribution in [0.3, 0.4) is 0 Å². The Kier molecular flexibility index (Phi) is 4.99. The van der Waals surface area contributed by atoms with Crippen LogP contribution in [0.15, 0.2) is 28.8 Å². The quantitative estimate of drug-likeness (QED) is 0.831. The van der Waals surface area contributed by atoms with Gasteiger partial charge in [-0.25, -0.2) is 0 Å². The molecule has 2 heterocycles. The van der Waals surface area contributed by atoms with Crippen LogP contribution in [-0.2, 0) is 17.5 Å². The number of hydrogen-bond acceptors (Lipinski definition) is 5. The number of aromatic nitrogens is 2. The number of alkyl halides is 3. The number of rotatable bonds is 4. The second-order valence-electron chi connectivity index (χ2n) is 6.45. The summed E-state index contributed by atoms with van der Waals surface area (Å²) in [6.45, 7) is 1.02. The maximum Gasteiger partial charge on any atom is 0.416 e. The fraction of sp³-hybridized carbons (Fsp3) is 0.471. The van der Waals surface area contributed by atoms with Crippen LogP contribution >= 0.6 is 0 Å². The van der Waals surface area contributed by atoms with Crippen LogP contribution in [0.25, 0.3) is 11.4 Å². The number of halogens is 3. The topological polar surface area (TPSA) is 62.5 Å². The van der Waals surface area contributed by atoms with Crippen molar-refractivity contribution in [2.75, 3.05) is 20.6 Å². The van der Waals surface area contributed by atoms with E-state index >= 15 is 0 Å². The number of carbonyl (C=O) groups is 1. The van der Waals surface area contributed by atoms with E-state index in [0.717, 1.165) is 31.5 Å². The lowest BCUT2D eigenvalue weighted by Gasteiger charge is -2.24. The van der Waals surface area contributed by atoms with Crippen LogP contribution in [0.2, 0.25) is 0 Å². The molecule has 1 aromatic carbocycles. The van der Waals surface area contributed by atoms with Crippen LogP contribution in [0.4, 0.5) is 13.2 Å². The monoisotopic (exact) mass is 368 g/mol. The summed E-state index contributed by atoms with van der Waals surface area (Å²) in [6, 6.07) is 4.54. The Morgan fingerprint density at radius 3 is 2.85 bits per heavy atom. The summed E-state index contributed by atoms with van der Waals surface area (Å²) in [7, 11) is 3.41. The molecule has 9 heteroatoms. The molecule has 6 nitrogen and oxygen atoms in total. The molecule has 140 valence electrons. The highest BCUT2D eigenvalue weighted by Crippen LogP contribution is 2.31. The van der Waals surface area contributed by atoms with E-state index < -0.39 is 11.7 Å². The normalized spacial score (nSPS) is 18.3. The molecular formula is C17H19F3N4O2. The van der Waals surface area contributed by atoms with E-state index in [1.165, 1.54) is 12.1 Å². The average Bonchev–Trinajstić information content (AvgIpc) is 3.23. The molecule has 0 saturated carbocycles. The van der Waals surface area contributed by atoms with Crippen molar-refractivity contribution < 1.29 is 22.5 Å². The summed E-state index contributed by atoms with van der Waals surface area (Å²) in [6.07, 6.45) is -2.79. The lowest BCUT2D eigenvalue weighted by atomic mass is 10.1. The largest absolute Gasteiger partial charge is 0.416 e. The number of likely N-dealkylation sites (tertiary alicyclic amines) is 1. The maximum atomic E-state index is 12.8. The molecule has 0 aliphatic carbocycles. The van der Waals surface area contributed by atoms with Gasteiger partial charge >= 0.3 is 6.18 Å². The van der Waals surface area contributed by atoms with Gasteiger partial charge in [0.1, 0.15) is 0 Å². The molecule has 2 aromatic rings. The summed E-state index contributed by atoms with van der Waals surface area (Å²) in [5.41, 5.74) is -0.533. The first-order valence-corrected chi connectivity index (χ1v) is 8.21. The Bertz CT molecular complexity index is 788. The van der Waals surface area contributed by atoms with E-state index in [2.05, 4.69) is 10.1 Å². The Morgan fingerprint density at radius 1 is 1.38 bits per heavy atom. The van der Waals surface area contributed by atoms with Crippen molar-refractivity contribution in [3.8, 4) is 11.4 Å². The fourth-order valence-corrected chi connectivity index (χ4v) is 3.04. The summed E-state index contributed by atoms with van der Waals surface area (Å²) in [5.74, 6) is 0.386. The maximum absolute atomic E-state index is 12.8. The van der Waals surface area contributed by atoms with Gasteiger partial charge in [0, 0.05) is 19.7 Å². The van der Waals surface area contributed by atoms with Gasteiger partial charge < -0.3 is 9.42 Å². The van der Waals surface area contributed by atoms with Crippen molar-refractivity contribution in [2.24, 2.45) is 0 Å². The summed E-state index contributed by atoms with van der Waals surface area (Å²) in [5, 5.41) is 3.78. The molecule has 1 fully saturated rings. The Balaban J connectivity index is 1.75. The zero-order chi connectivity index (χ0) is 18.9. The SMILES string of the molecule is CN(C)C(=O)[C@@H]1CCCN1Cc1nc(-c2cccc(C(F)(F)F)c2)no1. The van der Waals surface area contributed by atoms with E-state index in [0.29, 0.717) is 0 Å². The summed E-state index contributed by atoms with van der Waals surface area (Å²) in [4.78, 5) is 19.9. The van der Waals surface area contributed by atoms with Gasteiger partial charge in [-0.05, 0) is 31.5 Å². The highest BCUT2D eigenvalue weighted by molar-refractivity contribution is 5.81. The minimum Gasteiger partial charge on any atom is -0.347 e. The van der Waals surface area contributed by atoms with Crippen molar-refractivity contribution in [2.45, 2.75) is 31.6 Å². The number of carbonyl (C=O) groups excluding carboxylic acids is 1. The number of benzene rings is 1. The van der Waals surface area contributed by atoms with Gasteiger partial charge in [0.2, 0.25) is 17.6 Å². The smallest absolute Gasteiger partial charge is 0.347 e. The average molecular weight is 368 g/mol. The minimum atomic E-state index is -4.43. The third kappa shape index (κ3) is 3.87. The fourth-order valence-electron chi connectivity index (χ4n) is 3.04. The lowest BCUT2D eigenvalue weighted by molar-refractivity contribution is -0.137. The van der Waals surface area contributed by atoms with E-state index in [1.807, 2.05) is 4.90 Å². The zero-order valence-corrected chi connectivity index (χ0v) is 14.5. The van der Waals surface area contributed by atoms with Crippen LogP contribution < -0.4 is 0 Å². The Hall–Kier alpha value is -2.42. The second-order valence-corrected chi connectivity index (χ2v) is 6.45. The first-order valence-electron chi connectivity index (χ1n) is 8.21. The zero-order valence-electron chi connectivity index (χ0n) is 14.5. The molecule has 1 aliphatic heterocycles. The number of likely N-dealkylation sites (N-methyl/N-ethyl adjacent to an activating group) is 1. The molecule has 3 rings (SSSR count). The molecule has 0 N–H and O–H groups in total. The van der Waals surface area contributed by atoms with Gasteiger partial charge in [-0.2, -0.15) is 18.2 Å². The molecule has 1 atom stereocenters. The highest BCUT2D eigenvalue weighted by atomic mass is 19.4. The predicted molar refractivity (Wildman–Crippen MR) is 86.9 cm³/mol. The molecule has 1 aromatic heterocycles. The Morgan fingerprint density at radius 2 is 2.15 bits per heavy atom. The first-order chi connectivity index (χ1) is 12.3. The van der Waals surface area contributed by atoms with Gasteiger partial charge in [0.15, 0.2) is 0 Å². The van der Waals surface area contributed by atoms with Gasteiger partial charge in [0.25, 0.3) is 0 Å². The van der Waals surface area contributed by atoms with Crippen molar-refractivity contribution in [1.29, 1.82) is 0 Å². The van der Waals surface area contributed by atoms with Crippen molar-refractivity contribution in [3.05, 3.63) is 35.7 Å². The summed E-state index contributed by atoms with van der Waals surface area (Å²) < 4.78 is 43.7. The molecule has 0 radical (unpaired) electrons. The lowest BCUT2D eigenvalue weighted by Crippen LogP contribution is -2.42. The van der Waals surface area contributed by atoms with E-state index in [9.17, 15) is 18.0 Å². The van der Waals surface area contributed by atoms with Crippen molar-refractivity contribution >= 4 is 5.91 Å². The third-order valence-electron chi connectivity index (χ3n) is 4.34. The van der Waals surface area contributed by atoms with Gasteiger partial charge in [-0.15, -0.1) is 0 Å². The summed E-state index contributed by atoms with van der Waals surface area (Å²) >= 11 is 0. The van der Waals surface area contributed by atoms with Crippen LogP contribution in [0.1, 0.15) is 24.3 Å². The number of amides is 1. The molecule has 0 bridgehead atoms. The number of nitrogens with zero attached hydrogens (tertiary/aromatic N) is 4. The highest BCUT2D eigenvalue weighted by Gasteiger charge is 2.33. The molecule has 0 unspecified atom stereocenters. The van der Waals surface area contributed by atoms with Gasteiger partial charge in [-0.3, -0.25) is 9.69 Å². The van der Waals surface area contributed by atoms with Crippen molar-refractivity contribution in [1.82, 2.24) is 19.9 Å². The molecular weight excluding hydrogens is 349 g/mol. The number of hydrogen-bond donors (Lipinski definition) is 0. The molecule has 26 heavy (non-hydrogen) atoms. The van der Waals surface area contributed by atoms with Crippen LogP contribution in [0.5, 0.6) is 0 Å². The van der Waals surface area contributed by atoms with E-state index in [4.69, 9.17) is 4.52 Å². The van der Waals surface area contributed by atoms with Crippen LogP contribution in [-0.4, -0.2) is 52.5 Å². The minimum absolute atomic E-state index is 0.0140.